The van der Waals surface area contributed by atoms with Crippen molar-refractivity contribution in [3.05, 3.63) is 41.6 Å². The second kappa shape index (κ2) is 6.59. The average molecular weight is 361 g/mol. The standard InChI is InChI=1S/C21H23N5O/c1-13-7-16(5-6-27-13)26-20(8-14-10-23-11-14)25-19-12-24-18-4-3-15(22-2)9-17(18)21(19)26/h3-4,9,12-14,16,23H,5-8,10-11H2,1H3/t13-,16-/m1/s1. The van der Waals surface area contributed by atoms with Crippen LogP contribution in [0.3, 0.4) is 0 Å². The van der Waals surface area contributed by atoms with Crippen molar-refractivity contribution in [1.82, 2.24) is 19.9 Å². The van der Waals surface area contributed by atoms with Crippen molar-refractivity contribution in [2.24, 2.45) is 5.92 Å². The van der Waals surface area contributed by atoms with E-state index >= 15 is 0 Å². The Bertz CT molecular complexity index is 1050. The molecule has 2 fully saturated rings. The van der Waals surface area contributed by atoms with Crippen molar-refractivity contribution in [3.8, 4) is 0 Å². The third kappa shape index (κ3) is 2.88. The van der Waals surface area contributed by atoms with E-state index in [0.29, 0.717) is 17.6 Å². The Morgan fingerprint density at radius 1 is 1.33 bits per heavy atom. The number of ether oxygens (including phenoxy) is 1. The van der Waals surface area contributed by atoms with E-state index in [1.165, 1.54) is 0 Å². The summed E-state index contributed by atoms with van der Waals surface area (Å²) >= 11 is 0. The summed E-state index contributed by atoms with van der Waals surface area (Å²) in [6.07, 6.45) is 5.12. The van der Waals surface area contributed by atoms with Gasteiger partial charge in [-0.15, -0.1) is 0 Å². The maximum Gasteiger partial charge on any atom is 0.188 e. The second-order valence-corrected chi connectivity index (χ2v) is 7.79. The molecule has 1 aromatic carbocycles. The van der Waals surface area contributed by atoms with Crippen LogP contribution in [0.2, 0.25) is 0 Å². The molecule has 6 heteroatoms. The van der Waals surface area contributed by atoms with Crippen LogP contribution >= 0.6 is 0 Å². The summed E-state index contributed by atoms with van der Waals surface area (Å²) < 4.78 is 8.25. The summed E-state index contributed by atoms with van der Waals surface area (Å²) in [5, 5.41) is 4.40. The molecule has 0 bridgehead atoms. The van der Waals surface area contributed by atoms with Gasteiger partial charge >= 0.3 is 0 Å². The van der Waals surface area contributed by atoms with Gasteiger partial charge in [-0.3, -0.25) is 4.98 Å². The average Bonchev–Trinajstić information content (AvgIpc) is 3.03. The van der Waals surface area contributed by atoms with E-state index in [9.17, 15) is 0 Å². The van der Waals surface area contributed by atoms with E-state index < -0.39 is 0 Å². The quantitative estimate of drug-likeness (QED) is 0.724. The van der Waals surface area contributed by atoms with E-state index in [-0.39, 0.29) is 6.10 Å². The van der Waals surface area contributed by atoms with Crippen LogP contribution in [0.25, 0.3) is 26.8 Å². The molecule has 0 radical (unpaired) electrons. The van der Waals surface area contributed by atoms with Gasteiger partial charge in [-0.05, 0) is 50.9 Å². The Morgan fingerprint density at radius 2 is 2.22 bits per heavy atom. The van der Waals surface area contributed by atoms with Crippen LogP contribution in [0.1, 0.15) is 31.6 Å². The van der Waals surface area contributed by atoms with Gasteiger partial charge in [0.25, 0.3) is 0 Å². The number of benzene rings is 1. The van der Waals surface area contributed by atoms with Crippen molar-refractivity contribution in [3.63, 3.8) is 0 Å². The molecule has 1 N–H and O–H groups in total. The Morgan fingerprint density at radius 3 is 2.96 bits per heavy atom. The highest BCUT2D eigenvalue weighted by molar-refractivity contribution is 6.03. The first-order valence-corrected chi connectivity index (χ1v) is 9.72. The number of hydrogen-bond donors (Lipinski definition) is 1. The van der Waals surface area contributed by atoms with Crippen molar-refractivity contribution in [2.75, 3.05) is 19.7 Å². The largest absolute Gasteiger partial charge is 0.378 e. The molecule has 3 aromatic rings. The number of nitrogens with one attached hydrogen (secondary N) is 1. The number of nitrogens with zero attached hydrogens (tertiary/aromatic N) is 4. The van der Waals surface area contributed by atoms with Gasteiger partial charge in [0.05, 0.1) is 29.9 Å². The van der Waals surface area contributed by atoms with Crippen LogP contribution in [0.15, 0.2) is 24.4 Å². The Hall–Kier alpha value is -2.49. The highest BCUT2D eigenvalue weighted by Gasteiger charge is 2.28. The molecule has 0 unspecified atom stereocenters. The van der Waals surface area contributed by atoms with Crippen LogP contribution in [0.4, 0.5) is 5.69 Å². The minimum atomic E-state index is 0.256. The molecular weight excluding hydrogens is 338 g/mol. The number of imidazole rings is 1. The summed E-state index contributed by atoms with van der Waals surface area (Å²) in [7, 11) is 0. The number of pyridine rings is 1. The van der Waals surface area contributed by atoms with E-state index in [1.54, 1.807) is 0 Å². The SMILES string of the molecule is [C-]#[N+]c1ccc2ncc3nc(CC4CNC4)n([C@@H]4CCO[C@H](C)C4)c3c2c1. The molecule has 0 amide bonds. The van der Waals surface area contributed by atoms with Crippen LogP contribution in [0.5, 0.6) is 0 Å². The molecule has 4 heterocycles. The van der Waals surface area contributed by atoms with Gasteiger partial charge in [-0.2, -0.15) is 0 Å². The molecule has 2 saturated heterocycles. The zero-order valence-electron chi connectivity index (χ0n) is 15.5. The Labute approximate surface area is 158 Å². The monoisotopic (exact) mass is 361 g/mol. The van der Waals surface area contributed by atoms with Crippen LogP contribution in [-0.2, 0) is 11.2 Å². The highest BCUT2D eigenvalue weighted by Crippen LogP contribution is 2.35. The first kappa shape index (κ1) is 16.7. The second-order valence-electron chi connectivity index (χ2n) is 7.79. The third-order valence-corrected chi connectivity index (χ3v) is 5.86. The lowest BCUT2D eigenvalue weighted by molar-refractivity contribution is 0.00611. The minimum absolute atomic E-state index is 0.256. The van der Waals surface area contributed by atoms with Gasteiger partial charge in [-0.1, -0.05) is 6.07 Å². The van der Waals surface area contributed by atoms with E-state index in [0.717, 1.165) is 66.7 Å². The van der Waals surface area contributed by atoms with E-state index in [1.807, 2.05) is 24.4 Å². The topological polar surface area (TPSA) is 56.3 Å². The molecule has 0 spiro atoms. The van der Waals surface area contributed by atoms with Crippen molar-refractivity contribution in [2.45, 2.75) is 38.3 Å². The summed E-state index contributed by atoms with van der Waals surface area (Å²) in [4.78, 5) is 13.2. The third-order valence-electron chi connectivity index (χ3n) is 5.86. The smallest absolute Gasteiger partial charge is 0.188 e. The van der Waals surface area contributed by atoms with Crippen LogP contribution in [0, 0.1) is 12.5 Å². The summed E-state index contributed by atoms with van der Waals surface area (Å²) in [6.45, 7) is 12.5. The summed E-state index contributed by atoms with van der Waals surface area (Å²) in [5.41, 5.74) is 3.64. The molecule has 27 heavy (non-hydrogen) atoms. The van der Waals surface area contributed by atoms with Gasteiger partial charge in [0.1, 0.15) is 11.3 Å². The molecule has 6 nitrogen and oxygen atoms in total. The first-order valence-electron chi connectivity index (χ1n) is 9.72. The lowest BCUT2D eigenvalue weighted by Gasteiger charge is -2.32. The highest BCUT2D eigenvalue weighted by atomic mass is 16.5. The molecule has 2 aliphatic heterocycles. The van der Waals surface area contributed by atoms with Crippen molar-refractivity contribution < 1.29 is 4.74 Å². The number of fused-ring (bicyclic) bond motifs is 3. The van der Waals surface area contributed by atoms with Crippen molar-refractivity contribution in [1.29, 1.82) is 0 Å². The van der Waals surface area contributed by atoms with Gasteiger partial charge in [0.2, 0.25) is 0 Å². The van der Waals surface area contributed by atoms with Crippen molar-refractivity contribution >= 4 is 27.6 Å². The molecule has 2 aromatic heterocycles. The van der Waals surface area contributed by atoms with E-state index in [4.69, 9.17) is 16.3 Å². The van der Waals surface area contributed by atoms with Crippen LogP contribution in [-0.4, -0.2) is 40.3 Å². The fourth-order valence-corrected chi connectivity index (χ4v) is 4.38. The predicted molar refractivity (Wildman–Crippen MR) is 105 cm³/mol. The molecule has 0 saturated carbocycles. The Kier molecular flexibility index (Phi) is 4.07. The maximum atomic E-state index is 7.39. The predicted octanol–water partition coefficient (Wildman–Crippen LogP) is 3.64. The van der Waals surface area contributed by atoms with E-state index in [2.05, 4.69) is 26.6 Å². The Balaban J connectivity index is 1.74. The minimum Gasteiger partial charge on any atom is -0.378 e. The summed E-state index contributed by atoms with van der Waals surface area (Å²) in [6, 6.07) is 6.13. The fourth-order valence-electron chi connectivity index (χ4n) is 4.38. The molecule has 2 atom stereocenters. The number of hydrogen-bond acceptors (Lipinski definition) is 4. The lowest BCUT2D eigenvalue weighted by Crippen LogP contribution is -2.43. The first-order chi connectivity index (χ1) is 13.2. The van der Waals surface area contributed by atoms with Gasteiger partial charge in [0, 0.05) is 24.5 Å². The lowest BCUT2D eigenvalue weighted by atomic mass is 9.98. The van der Waals surface area contributed by atoms with Crippen LogP contribution < -0.4 is 5.32 Å². The zero-order chi connectivity index (χ0) is 18.4. The number of aromatic nitrogens is 3. The molecule has 138 valence electrons. The fraction of sp³-hybridized carbons (Fsp3) is 0.476. The van der Waals surface area contributed by atoms with Gasteiger partial charge in [-0.25, -0.2) is 9.83 Å². The molecule has 5 rings (SSSR count). The summed E-state index contributed by atoms with van der Waals surface area (Å²) in [5.74, 6) is 1.80. The molecule has 0 aliphatic carbocycles. The molecule has 2 aliphatic rings. The van der Waals surface area contributed by atoms with Gasteiger partial charge < -0.3 is 14.6 Å². The number of rotatable bonds is 3. The maximum absolute atomic E-state index is 7.39. The normalized spacial score (nSPS) is 23.4. The zero-order valence-corrected chi connectivity index (χ0v) is 15.5. The van der Waals surface area contributed by atoms with Gasteiger partial charge in [0.15, 0.2) is 5.69 Å². The molecular formula is C21H23N5O.